The number of hydrogen-bond donors (Lipinski definition) is 1. The molecule has 0 spiro atoms. The molecular formula is C13H29N3. The van der Waals surface area contributed by atoms with Gasteiger partial charge >= 0.3 is 0 Å². The van der Waals surface area contributed by atoms with Gasteiger partial charge in [-0.15, -0.1) is 0 Å². The minimum atomic E-state index is 0.727. The molecule has 0 saturated carbocycles. The van der Waals surface area contributed by atoms with Gasteiger partial charge in [-0.2, -0.15) is 0 Å². The Labute approximate surface area is 101 Å². The maximum Gasteiger partial charge on any atom is 0.0195 e. The smallest absolute Gasteiger partial charge is 0.0195 e. The molecule has 0 aliphatic carbocycles. The Morgan fingerprint density at radius 2 is 2.06 bits per heavy atom. The topological polar surface area (TPSA) is 18.5 Å². The Morgan fingerprint density at radius 1 is 1.31 bits per heavy atom. The van der Waals surface area contributed by atoms with Crippen LogP contribution in [0.25, 0.3) is 0 Å². The predicted octanol–water partition coefficient (Wildman–Crippen LogP) is 1.26. The second kappa shape index (κ2) is 7.25. The molecule has 3 heteroatoms. The Kier molecular flexibility index (Phi) is 6.32. The fourth-order valence-corrected chi connectivity index (χ4v) is 2.60. The summed E-state index contributed by atoms with van der Waals surface area (Å²) >= 11 is 0. The highest BCUT2D eigenvalue weighted by molar-refractivity contribution is 4.79. The third kappa shape index (κ3) is 4.40. The first-order valence-corrected chi connectivity index (χ1v) is 6.84. The summed E-state index contributed by atoms with van der Waals surface area (Å²) in [5, 5.41) is 3.43. The number of rotatable bonds is 6. The minimum Gasteiger partial charge on any atom is -0.317 e. The number of nitrogens with one attached hydrogen (secondary N) is 1. The monoisotopic (exact) mass is 227 g/mol. The van der Waals surface area contributed by atoms with Crippen LogP contribution >= 0.6 is 0 Å². The zero-order chi connectivity index (χ0) is 12.0. The lowest BCUT2D eigenvalue weighted by Crippen LogP contribution is -2.52. The molecule has 1 rings (SSSR count). The molecule has 2 unspecified atom stereocenters. The van der Waals surface area contributed by atoms with E-state index in [1.807, 2.05) is 0 Å². The van der Waals surface area contributed by atoms with Gasteiger partial charge < -0.3 is 10.2 Å². The summed E-state index contributed by atoms with van der Waals surface area (Å²) in [7, 11) is 0. The summed E-state index contributed by atoms with van der Waals surface area (Å²) < 4.78 is 0. The predicted molar refractivity (Wildman–Crippen MR) is 70.9 cm³/mol. The van der Waals surface area contributed by atoms with Crippen molar-refractivity contribution >= 4 is 0 Å². The van der Waals surface area contributed by atoms with E-state index >= 15 is 0 Å². The second-order valence-corrected chi connectivity index (χ2v) is 5.15. The Bertz CT molecular complexity index is 184. The molecule has 1 saturated heterocycles. The van der Waals surface area contributed by atoms with Crippen molar-refractivity contribution in [3.63, 3.8) is 0 Å². The fraction of sp³-hybridized carbons (Fsp3) is 1.00. The highest BCUT2D eigenvalue weighted by Crippen LogP contribution is 2.10. The first kappa shape index (κ1) is 13.9. The van der Waals surface area contributed by atoms with Gasteiger partial charge in [0.2, 0.25) is 0 Å². The van der Waals surface area contributed by atoms with Gasteiger partial charge in [-0.1, -0.05) is 20.8 Å². The second-order valence-electron chi connectivity index (χ2n) is 5.15. The van der Waals surface area contributed by atoms with Crippen molar-refractivity contribution in [1.82, 2.24) is 15.1 Å². The highest BCUT2D eigenvalue weighted by Gasteiger charge is 2.22. The van der Waals surface area contributed by atoms with E-state index in [1.165, 1.54) is 32.7 Å². The molecule has 1 aliphatic rings. The summed E-state index contributed by atoms with van der Waals surface area (Å²) in [6, 6.07) is 0.727. The number of piperazine rings is 1. The minimum absolute atomic E-state index is 0.727. The lowest BCUT2D eigenvalue weighted by atomic mass is 10.1. The van der Waals surface area contributed by atoms with E-state index in [2.05, 4.69) is 42.8 Å². The molecular weight excluding hydrogens is 198 g/mol. The van der Waals surface area contributed by atoms with E-state index in [0.717, 1.165) is 25.0 Å². The van der Waals surface area contributed by atoms with Gasteiger partial charge in [0.15, 0.2) is 0 Å². The average molecular weight is 227 g/mol. The molecule has 1 heterocycles. The van der Waals surface area contributed by atoms with Crippen LogP contribution in [0.15, 0.2) is 0 Å². The van der Waals surface area contributed by atoms with Crippen LogP contribution in [0.5, 0.6) is 0 Å². The Balaban J connectivity index is 2.24. The van der Waals surface area contributed by atoms with Gasteiger partial charge in [0.25, 0.3) is 0 Å². The molecule has 1 fully saturated rings. The zero-order valence-electron chi connectivity index (χ0n) is 11.5. The molecule has 16 heavy (non-hydrogen) atoms. The average Bonchev–Trinajstić information content (AvgIpc) is 2.26. The standard InChI is InChI=1S/C13H29N3/c1-5-14-9-12(3)10-15-7-8-16(6-2)13(4)11-15/h12-14H,5-11H2,1-4H3. The van der Waals surface area contributed by atoms with Crippen molar-refractivity contribution in [2.24, 2.45) is 5.92 Å². The van der Waals surface area contributed by atoms with Crippen LogP contribution in [0.3, 0.4) is 0 Å². The van der Waals surface area contributed by atoms with Crippen molar-refractivity contribution in [1.29, 1.82) is 0 Å². The highest BCUT2D eigenvalue weighted by atomic mass is 15.3. The lowest BCUT2D eigenvalue weighted by Gasteiger charge is -2.40. The molecule has 3 nitrogen and oxygen atoms in total. The molecule has 0 bridgehead atoms. The summed E-state index contributed by atoms with van der Waals surface area (Å²) in [4.78, 5) is 5.20. The maximum absolute atomic E-state index is 3.43. The molecule has 96 valence electrons. The molecule has 2 atom stereocenters. The summed E-state index contributed by atoms with van der Waals surface area (Å²) in [6.45, 7) is 17.5. The van der Waals surface area contributed by atoms with Gasteiger partial charge in [-0.3, -0.25) is 4.90 Å². The summed E-state index contributed by atoms with van der Waals surface area (Å²) in [6.07, 6.45) is 0. The van der Waals surface area contributed by atoms with Crippen molar-refractivity contribution in [2.45, 2.75) is 33.7 Å². The van der Waals surface area contributed by atoms with Crippen LogP contribution < -0.4 is 5.32 Å². The normalized spacial score (nSPS) is 25.9. The van der Waals surface area contributed by atoms with Crippen molar-refractivity contribution in [3.05, 3.63) is 0 Å². The van der Waals surface area contributed by atoms with Gasteiger partial charge in [-0.05, 0) is 32.5 Å². The molecule has 1 N–H and O–H groups in total. The van der Waals surface area contributed by atoms with Crippen molar-refractivity contribution < 1.29 is 0 Å². The van der Waals surface area contributed by atoms with Crippen LogP contribution in [0, 0.1) is 5.92 Å². The van der Waals surface area contributed by atoms with E-state index in [-0.39, 0.29) is 0 Å². The maximum atomic E-state index is 3.43. The van der Waals surface area contributed by atoms with Gasteiger partial charge in [0.05, 0.1) is 0 Å². The van der Waals surface area contributed by atoms with Gasteiger partial charge in [-0.25, -0.2) is 0 Å². The Morgan fingerprint density at radius 3 is 2.62 bits per heavy atom. The zero-order valence-corrected chi connectivity index (χ0v) is 11.5. The quantitative estimate of drug-likeness (QED) is 0.737. The van der Waals surface area contributed by atoms with Crippen molar-refractivity contribution in [3.8, 4) is 0 Å². The van der Waals surface area contributed by atoms with Crippen molar-refractivity contribution in [2.75, 3.05) is 45.8 Å². The first-order chi connectivity index (χ1) is 7.67. The van der Waals surface area contributed by atoms with Crippen LogP contribution in [-0.4, -0.2) is 61.7 Å². The van der Waals surface area contributed by atoms with Crippen LogP contribution in [-0.2, 0) is 0 Å². The van der Waals surface area contributed by atoms with E-state index in [9.17, 15) is 0 Å². The number of nitrogens with zero attached hydrogens (tertiary/aromatic N) is 2. The number of likely N-dealkylation sites (N-methyl/N-ethyl adjacent to an activating group) is 1. The van der Waals surface area contributed by atoms with E-state index < -0.39 is 0 Å². The van der Waals surface area contributed by atoms with Crippen LogP contribution in [0.2, 0.25) is 0 Å². The molecule has 0 aromatic carbocycles. The van der Waals surface area contributed by atoms with E-state index in [0.29, 0.717) is 0 Å². The lowest BCUT2D eigenvalue weighted by molar-refractivity contribution is 0.0788. The third-order valence-corrected chi connectivity index (χ3v) is 3.57. The first-order valence-electron chi connectivity index (χ1n) is 6.84. The molecule has 1 aliphatic heterocycles. The summed E-state index contributed by atoms with van der Waals surface area (Å²) in [5.74, 6) is 0.764. The molecule has 0 radical (unpaired) electrons. The van der Waals surface area contributed by atoms with E-state index in [4.69, 9.17) is 0 Å². The largest absolute Gasteiger partial charge is 0.317 e. The van der Waals surface area contributed by atoms with E-state index in [1.54, 1.807) is 0 Å². The summed E-state index contributed by atoms with van der Waals surface area (Å²) in [5.41, 5.74) is 0. The van der Waals surface area contributed by atoms with Gasteiger partial charge in [0, 0.05) is 32.2 Å². The molecule has 0 aromatic rings. The van der Waals surface area contributed by atoms with Crippen LogP contribution in [0.1, 0.15) is 27.7 Å². The fourth-order valence-electron chi connectivity index (χ4n) is 2.60. The molecule has 0 amide bonds. The van der Waals surface area contributed by atoms with Gasteiger partial charge in [0.1, 0.15) is 0 Å². The van der Waals surface area contributed by atoms with Crippen LogP contribution in [0.4, 0.5) is 0 Å². The third-order valence-electron chi connectivity index (χ3n) is 3.57. The number of hydrogen-bond acceptors (Lipinski definition) is 3. The SMILES string of the molecule is CCNCC(C)CN1CCN(CC)C(C)C1. The molecule has 0 aromatic heterocycles. The Hall–Kier alpha value is -0.120.